The highest BCUT2D eigenvalue weighted by molar-refractivity contribution is 7.89. The van der Waals surface area contributed by atoms with Crippen LogP contribution in [-0.4, -0.2) is 42.4 Å². The number of likely N-dealkylation sites (N-methyl/N-ethyl adjacent to an activating group) is 1. The Hall–Kier alpha value is -0.650. The number of sulfonamides is 1. The van der Waals surface area contributed by atoms with E-state index in [1.54, 1.807) is 26.4 Å². The van der Waals surface area contributed by atoms with Gasteiger partial charge >= 0.3 is 0 Å². The summed E-state index contributed by atoms with van der Waals surface area (Å²) < 4.78 is 25.2. The molecule has 0 fully saturated rings. The fraction of sp³-hybridized carbons (Fsp3) is 0.545. The Kier molecular flexibility index (Phi) is 5.36. The van der Waals surface area contributed by atoms with Gasteiger partial charge in [-0.3, -0.25) is 4.98 Å². The average Bonchev–Trinajstić information content (AvgIpc) is 2.35. The van der Waals surface area contributed by atoms with Crippen molar-refractivity contribution in [3.05, 3.63) is 30.1 Å². The van der Waals surface area contributed by atoms with Crippen LogP contribution in [-0.2, 0) is 16.4 Å². The molecule has 1 atom stereocenters. The molecule has 1 rings (SSSR count). The van der Waals surface area contributed by atoms with E-state index in [1.165, 1.54) is 4.31 Å². The minimum absolute atomic E-state index is 0.113. The van der Waals surface area contributed by atoms with E-state index in [2.05, 4.69) is 4.98 Å². The number of hydrogen-bond acceptors (Lipinski definition) is 3. The van der Waals surface area contributed by atoms with Gasteiger partial charge in [0.05, 0.1) is 5.25 Å². The molecule has 4 nitrogen and oxygen atoms in total. The minimum Gasteiger partial charge on any atom is -0.265 e. The van der Waals surface area contributed by atoms with E-state index in [9.17, 15) is 8.42 Å². The van der Waals surface area contributed by atoms with Gasteiger partial charge in [0, 0.05) is 31.9 Å². The molecule has 0 bridgehead atoms. The van der Waals surface area contributed by atoms with E-state index in [0.717, 1.165) is 5.56 Å². The largest absolute Gasteiger partial charge is 0.265 e. The number of nitrogens with zero attached hydrogens (tertiary/aromatic N) is 2. The van der Waals surface area contributed by atoms with Gasteiger partial charge in [-0.05, 0) is 31.0 Å². The van der Waals surface area contributed by atoms with Crippen LogP contribution in [0.3, 0.4) is 0 Å². The second-order valence-electron chi connectivity index (χ2n) is 3.94. The van der Waals surface area contributed by atoms with Gasteiger partial charge in [-0.15, -0.1) is 11.6 Å². The molecule has 0 aromatic carbocycles. The van der Waals surface area contributed by atoms with Crippen molar-refractivity contribution in [2.45, 2.75) is 18.6 Å². The first-order valence-corrected chi connectivity index (χ1v) is 7.42. The zero-order valence-electron chi connectivity index (χ0n) is 10.0. The molecule has 1 aromatic heterocycles. The maximum atomic E-state index is 11.9. The quantitative estimate of drug-likeness (QED) is 0.740. The fourth-order valence-corrected chi connectivity index (χ4v) is 2.95. The Balaban J connectivity index is 2.59. The third kappa shape index (κ3) is 3.94. The number of halogens is 1. The third-order valence-electron chi connectivity index (χ3n) is 2.62. The highest BCUT2D eigenvalue weighted by Crippen LogP contribution is 2.09. The summed E-state index contributed by atoms with van der Waals surface area (Å²) in [5, 5.41) is -0.549. The predicted molar refractivity (Wildman–Crippen MR) is 69.7 cm³/mol. The van der Waals surface area contributed by atoms with Gasteiger partial charge in [0.1, 0.15) is 0 Å². The van der Waals surface area contributed by atoms with Gasteiger partial charge in [-0.25, -0.2) is 12.7 Å². The molecule has 1 heterocycles. The lowest BCUT2D eigenvalue weighted by atomic mass is 10.2. The van der Waals surface area contributed by atoms with Crippen LogP contribution >= 0.6 is 11.6 Å². The summed E-state index contributed by atoms with van der Waals surface area (Å²) in [7, 11) is -1.69. The van der Waals surface area contributed by atoms with Crippen LogP contribution in [0.25, 0.3) is 0 Å². The highest BCUT2D eigenvalue weighted by atomic mass is 35.5. The van der Waals surface area contributed by atoms with Gasteiger partial charge in [-0.2, -0.15) is 0 Å². The van der Waals surface area contributed by atoms with E-state index in [0.29, 0.717) is 13.0 Å². The van der Waals surface area contributed by atoms with Gasteiger partial charge in [0.25, 0.3) is 0 Å². The number of alkyl halides is 1. The minimum atomic E-state index is -3.27. The molecule has 0 aliphatic heterocycles. The van der Waals surface area contributed by atoms with Crippen molar-refractivity contribution in [2.24, 2.45) is 0 Å². The molecule has 1 unspecified atom stereocenters. The Labute approximate surface area is 108 Å². The second kappa shape index (κ2) is 6.33. The van der Waals surface area contributed by atoms with E-state index in [-0.39, 0.29) is 5.88 Å². The molecule has 0 saturated carbocycles. The van der Waals surface area contributed by atoms with Gasteiger partial charge in [0.15, 0.2) is 0 Å². The standard InChI is InChI=1S/C11H17ClN2O2S/c1-10(9-12)17(15,16)14(2)8-5-11-3-6-13-7-4-11/h3-4,6-7,10H,5,8-9H2,1-2H3. The van der Waals surface area contributed by atoms with Crippen LogP contribution in [0.1, 0.15) is 12.5 Å². The topological polar surface area (TPSA) is 50.3 Å². The SMILES string of the molecule is CC(CCl)S(=O)(=O)N(C)CCc1ccncc1. The molecule has 17 heavy (non-hydrogen) atoms. The summed E-state index contributed by atoms with van der Waals surface area (Å²) in [6, 6.07) is 3.76. The molecule has 1 aromatic rings. The lowest BCUT2D eigenvalue weighted by Crippen LogP contribution is -2.36. The zero-order valence-corrected chi connectivity index (χ0v) is 11.6. The molecule has 6 heteroatoms. The van der Waals surface area contributed by atoms with Gasteiger partial charge < -0.3 is 0 Å². The molecule has 0 amide bonds. The maximum absolute atomic E-state index is 11.9. The molecular formula is C11H17ClN2O2S. The van der Waals surface area contributed by atoms with Gasteiger partial charge in [-0.1, -0.05) is 0 Å². The molecule has 0 aliphatic rings. The summed E-state index contributed by atoms with van der Waals surface area (Å²) in [6.45, 7) is 2.07. The molecule has 0 N–H and O–H groups in total. The van der Waals surface area contributed by atoms with Crippen LogP contribution in [0.5, 0.6) is 0 Å². The van der Waals surface area contributed by atoms with Crippen molar-refractivity contribution in [1.29, 1.82) is 0 Å². The van der Waals surface area contributed by atoms with Crippen molar-refractivity contribution in [1.82, 2.24) is 9.29 Å². The maximum Gasteiger partial charge on any atom is 0.217 e. The normalized spacial score (nSPS) is 13.9. The number of aromatic nitrogens is 1. The smallest absolute Gasteiger partial charge is 0.217 e. The fourth-order valence-electron chi connectivity index (χ4n) is 1.35. The Bertz CT molecular complexity index is 436. The molecule has 96 valence electrons. The van der Waals surface area contributed by atoms with Gasteiger partial charge in [0.2, 0.25) is 10.0 Å². The van der Waals surface area contributed by atoms with E-state index in [1.807, 2.05) is 12.1 Å². The molecule has 0 saturated heterocycles. The van der Waals surface area contributed by atoms with Crippen LogP contribution in [0.2, 0.25) is 0 Å². The van der Waals surface area contributed by atoms with Crippen LogP contribution < -0.4 is 0 Å². The first-order valence-electron chi connectivity index (χ1n) is 5.38. The molecular weight excluding hydrogens is 260 g/mol. The predicted octanol–water partition coefficient (Wildman–Crippen LogP) is 1.51. The number of rotatable bonds is 6. The Morgan fingerprint density at radius 3 is 2.53 bits per heavy atom. The lowest BCUT2D eigenvalue weighted by Gasteiger charge is -2.20. The molecule has 0 radical (unpaired) electrons. The van der Waals surface area contributed by atoms with E-state index >= 15 is 0 Å². The number of hydrogen-bond donors (Lipinski definition) is 0. The molecule has 0 spiro atoms. The summed E-state index contributed by atoms with van der Waals surface area (Å²) in [4.78, 5) is 3.91. The molecule has 0 aliphatic carbocycles. The lowest BCUT2D eigenvalue weighted by molar-refractivity contribution is 0.466. The third-order valence-corrected chi connectivity index (χ3v) is 5.51. The first-order chi connectivity index (χ1) is 7.98. The second-order valence-corrected chi connectivity index (χ2v) is 6.70. The summed E-state index contributed by atoms with van der Waals surface area (Å²) in [5.41, 5.74) is 1.07. The van der Waals surface area contributed by atoms with Crippen molar-refractivity contribution in [2.75, 3.05) is 19.5 Å². The van der Waals surface area contributed by atoms with Crippen molar-refractivity contribution < 1.29 is 8.42 Å². The van der Waals surface area contributed by atoms with E-state index in [4.69, 9.17) is 11.6 Å². The van der Waals surface area contributed by atoms with Crippen LogP contribution in [0.15, 0.2) is 24.5 Å². The first kappa shape index (κ1) is 14.4. The zero-order chi connectivity index (χ0) is 12.9. The van der Waals surface area contributed by atoms with Crippen LogP contribution in [0, 0.1) is 0 Å². The summed E-state index contributed by atoms with van der Waals surface area (Å²) in [6.07, 6.45) is 4.07. The van der Waals surface area contributed by atoms with Crippen molar-refractivity contribution in [3.63, 3.8) is 0 Å². The van der Waals surface area contributed by atoms with E-state index < -0.39 is 15.3 Å². The summed E-state index contributed by atoms with van der Waals surface area (Å²) in [5.74, 6) is 0.113. The van der Waals surface area contributed by atoms with Crippen LogP contribution in [0.4, 0.5) is 0 Å². The monoisotopic (exact) mass is 276 g/mol. The Morgan fingerprint density at radius 2 is 2.00 bits per heavy atom. The summed E-state index contributed by atoms with van der Waals surface area (Å²) >= 11 is 5.58. The van der Waals surface area contributed by atoms with Crippen molar-refractivity contribution >= 4 is 21.6 Å². The average molecular weight is 277 g/mol. The van der Waals surface area contributed by atoms with Crippen molar-refractivity contribution in [3.8, 4) is 0 Å². The highest BCUT2D eigenvalue weighted by Gasteiger charge is 2.24. The number of pyridine rings is 1. The Morgan fingerprint density at radius 1 is 1.41 bits per heavy atom.